The van der Waals surface area contributed by atoms with Gasteiger partial charge in [0.15, 0.2) is 0 Å². The molecule has 0 spiro atoms. The van der Waals surface area contributed by atoms with E-state index in [1.165, 1.54) is 4.90 Å². The maximum Gasteiger partial charge on any atom is 0.411 e. The molecule has 0 aromatic carbocycles. The van der Waals surface area contributed by atoms with Crippen LogP contribution < -0.4 is 5.73 Å². The van der Waals surface area contributed by atoms with Crippen molar-refractivity contribution in [1.29, 1.82) is 0 Å². The molecule has 0 aromatic heterocycles. The summed E-state index contributed by atoms with van der Waals surface area (Å²) in [5, 5.41) is 0. The first kappa shape index (κ1) is 17.8. The second-order valence-corrected chi connectivity index (χ2v) is 7.51. The number of hydrogen-bond acceptors (Lipinski definition) is 5. The van der Waals surface area contributed by atoms with Crippen LogP contribution >= 0.6 is 0 Å². The lowest BCUT2D eigenvalue weighted by Gasteiger charge is -2.38. The molecule has 1 saturated heterocycles. The fourth-order valence-corrected chi connectivity index (χ4v) is 2.12. The van der Waals surface area contributed by atoms with Gasteiger partial charge in [-0.15, -0.1) is 0 Å². The summed E-state index contributed by atoms with van der Waals surface area (Å²) < 4.78 is 10.8. The van der Waals surface area contributed by atoms with Gasteiger partial charge >= 0.3 is 12.1 Å². The molecule has 122 valence electrons. The number of hydrogen-bond donors (Lipinski definition) is 1. The molecule has 21 heavy (non-hydrogen) atoms. The van der Waals surface area contributed by atoms with E-state index in [1.807, 2.05) is 0 Å². The first-order valence-corrected chi connectivity index (χ1v) is 7.37. The molecule has 2 N–H and O–H groups in total. The number of likely N-dealkylation sites (tertiary alicyclic amines) is 1. The number of nitrogens with two attached hydrogens (primary N) is 1. The monoisotopic (exact) mass is 300 g/mol. The van der Waals surface area contributed by atoms with Crippen molar-refractivity contribution in [2.45, 2.75) is 77.7 Å². The average Bonchev–Trinajstić information content (AvgIpc) is 2.23. The van der Waals surface area contributed by atoms with Crippen LogP contribution in [0.25, 0.3) is 0 Å². The molecule has 6 heteroatoms. The van der Waals surface area contributed by atoms with Crippen molar-refractivity contribution in [3.63, 3.8) is 0 Å². The van der Waals surface area contributed by atoms with E-state index in [0.717, 1.165) is 0 Å². The summed E-state index contributed by atoms with van der Waals surface area (Å²) in [7, 11) is 0. The molecule has 1 aliphatic rings. The Morgan fingerprint density at radius 2 is 1.57 bits per heavy atom. The van der Waals surface area contributed by atoms with Gasteiger partial charge in [-0.05, 0) is 54.4 Å². The second kappa shape index (κ2) is 6.22. The lowest BCUT2D eigenvalue weighted by molar-refractivity contribution is -0.162. The number of ether oxygens (including phenoxy) is 2. The first-order chi connectivity index (χ1) is 9.39. The number of esters is 1. The molecule has 0 saturated carbocycles. The average molecular weight is 300 g/mol. The minimum Gasteiger partial charge on any atom is -0.458 e. The Hall–Kier alpha value is -1.30. The highest BCUT2D eigenvalue weighted by atomic mass is 16.6. The van der Waals surface area contributed by atoms with Crippen molar-refractivity contribution in [2.24, 2.45) is 5.73 Å². The summed E-state index contributed by atoms with van der Waals surface area (Å²) in [5.74, 6) is -0.427. The first-order valence-electron chi connectivity index (χ1n) is 7.37. The van der Waals surface area contributed by atoms with E-state index in [2.05, 4.69) is 0 Å². The second-order valence-electron chi connectivity index (χ2n) is 7.51. The molecule has 1 heterocycles. The number of amides is 1. The van der Waals surface area contributed by atoms with Gasteiger partial charge in [-0.25, -0.2) is 9.59 Å². The van der Waals surface area contributed by atoms with Crippen LogP contribution in [-0.4, -0.2) is 46.8 Å². The number of piperidine rings is 1. The molecule has 0 aliphatic carbocycles. The van der Waals surface area contributed by atoms with Crippen LogP contribution in [0.2, 0.25) is 0 Å². The topological polar surface area (TPSA) is 81.9 Å². The normalized spacial score (nSPS) is 23.7. The predicted molar refractivity (Wildman–Crippen MR) is 79.8 cm³/mol. The Labute approximate surface area is 126 Å². The summed E-state index contributed by atoms with van der Waals surface area (Å²) in [5.41, 5.74) is 4.73. The molecular weight excluding hydrogens is 272 g/mol. The summed E-state index contributed by atoms with van der Waals surface area (Å²) in [6.07, 6.45) is 0.553. The molecule has 1 rings (SSSR count). The Bertz CT molecular complexity index is 395. The highest BCUT2D eigenvalue weighted by molar-refractivity contribution is 5.82. The van der Waals surface area contributed by atoms with Gasteiger partial charge in [-0.3, -0.25) is 4.90 Å². The van der Waals surface area contributed by atoms with Gasteiger partial charge < -0.3 is 15.2 Å². The van der Waals surface area contributed by atoms with Crippen molar-refractivity contribution in [3.8, 4) is 0 Å². The zero-order valence-corrected chi connectivity index (χ0v) is 13.9. The van der Waals surface area contributed by atoms with Crippen LogP contribution in [0.3, 0.4) is 0 Å². The van der Waals surface area contributed by atoms with E-state index in [-0.39, 0.29) is 6.04 Å². The smallest absolute Gasteiger partial charge is 0.411 e. The van der Waals surface area contributed by atoms with E-state index in [0.29, 0.717) is 19.4 Å². The lowest BCUT2D eigenvalue weighted by Crippen LogP contribution is -2.55. The van der Waals surface area contributed by atoms with E-state index < -0.39 is 29.3 Å². The van der Waals surface area contributed by atoms with Crippen LogP contribution in [0.1, 0.15) is 54.4 Å². The van der Waals surface area contributed by atoms with Crippen LogP contribution in [0.5, 0.6) is 0 Å². The van der Waals surface area contributed by atoms with Crippen LogP contribution in [0.15, 0.2) is 0 Å². The standard InChI is InChI=1S/C15H28N2O4/c1-14(2,3)20-12(18)11-9-10(16)7-8-17(11)13(19)21-15(4,5)6/h10-11H,7-9,16H2,1-6H3/t10?,11-/m0/s1. The van der Waals surface area contributed by atoms with Gasteiger partial charge in [0.25, 0.3) is 0 Å². The summed E-state index contributed by atoms with van der Waals surface area (Å²) >= 11 is 0. The zero-order valence-electron chi connectivity index (χ0n) is 13.9. The highest BCUT2D eigenvalue weighted by Crippen LogP contribution is 2.22. The maximum absolute atomic E-state index is 12.3. The molecule has 6 nitrogen and oxygen atoms in total. The fourth-order valence-electron chi connectivity index (χ4n) is 2.12. The predicted octanol–water partition coefficient (Wildman–Crippen LogP) is 2.05. The quantitative estimate of drug-likeness (QED) is 0.750. The highest BCUT2D eigenvalue weighted by Gasteiger charge is 2.39. The van der Waals surface area contributed by atoms with Crippen LogP contribution in [0.4, 0.5) is 4.79 Å². The third-order valence-corrected chi connectivity index (χ3v) is 2.95. The van der Waals surface area contributed by atoms with E-state index in [1.54, 1.807) is 41.5 Å². The Balaban J connectivity index is 2.84. The molecule has 1 unspecified atom stereocenters. The molecule has 0 radical (unpaired) electrons. The summed E-state index contributed by atoms with van der Waals surface area (Å²) in [6, 6.07) is -0.788. The minimum absolute atomic E-state index is 0.110. The van der Waals surface area contributed by atoms with Gasteiger partial charge in [0, 0.05) is 12.6 Å². The van der Waals surface area contributed by atoms with Gasteiger partial charge in [0.05, 0.1) is 0 Å². The van der Waals surface area contributed by atoms with Crippen molar-refractivity contribution in [1.82, 2.24) is 4.90 Å². The molecule has 0 aromatic rings. The number of carbonyl (C=O) groups excluding carboxylic acids is 2. The fraction of sp³-hybridized carbons (Fsp3) is 0.867. The SMILES string of the molecule is CC(C)(C)OC(=O)[C@@H]1CC(N)CCN1C(=O)OC(C)(C)C. The summed E-state index contributed by atoms with van der Waals surface area (Å²) in [4.78, 5) is 26.0. The number of nitrogens with zero attached hydrogens (tertiary/aromatic N) is 1. The summed E-state index contributed by atoms with van der Waals surface area (Å²) in [6.45, 7) is 11.2. The molecule has 2 atom stereocenters. The molecular formula is C15H28N2O4. The lowest BCUT2D eigenvalue weighted by atomic mass is 9.98. The zero-order chi connectivity index (χ0) is 16.4. The third kappa shape index (κ3) is 5.91. The Kier molecular flexibility index (Phi) is 5.25. The maximum atomic E-state index is 12.3. The van der Waals surface area contributed by atoms with Gasteiger partial charge in [-0.1, -0.05) is 0 Å². The van der Waals surface area contributed by atoms with Gasteiger partial charge in [0.1, 0.15) is 17.2 Å². The van der Waals surface area contributed by atoms with Crippen molar-refractivity contribution < 1.29 is 19.1 Å². The van der Waals surface area contributed by atoms with Crippen molar-refractivity contribution in [3.05, 3.63) is 0 Å². The number of rotatable bonds is 1. The molecule has 1 fully saturated rings. The van der Waals surface area contributed by atoms with Crippen LogP contribution in [0, 0.1) is 0 Å². The van der Waals surface area contributed by atoms with Gasteiger partial charge in [-0.2, -0.15) is 0 Å². The minimum atomic E-state index is -0.678. The van der Waals surface area contributed by atoms with E-state index >= 15 is 0 Å². The number of carbonyl (C=O) groups is 2. The molecule has 0 bridgehead atoms. The molecule has 1 amide bonds. The Morgan fingerprint density at radius 1 is 1.05 bits per heavy atom. The Morgan fingerprint density at radius 3 is 2.05 bits per heavy atom. The largest absolute Gasteiger partial charge is 0.458 e. The van der Waals surface area contributed by atoms with E-state index in [9.17, 15) is 9.59 Å². The van der Waals surface area contributed by atoms with Crippen molar-refractivity contribution >= 4 is 12.1 Å². The van der Waals surface area contributed by atoms with E-state index in [4.69, 9.17) is 15.2 Å². The van der Waals surface area contributed by atoms with Crippen LogP contribution in [-0.2, 0) is 14.3 Å². The molecule has 1 aliphatic heterocycles. The third-order valence-electron chi connectivity index (χ3n) is 2.95. The van der Waals surface area contributed by atoms with Gasteiger partial charge in [0.2, 0.25) is 0 Å². The van der Waals surface area contributed by atoms with Crippen molar-refractivity contribution in [2.75, 3.05) is 6.54 Å².